The van der Waals surface area contributed by atoms with E-state index in [0.717, 1.165) is 6.54 Å². The molecular weight excluding hydrogens is 220 g/mol. The summed E-state index contributed by atoms with van der Waals surface area (Å²) >= 11 is 4.98. The highest BCUT2D eigenvalue weighted by Gasteiger charge is 2.28. The molecule has 0 aliphatic carbocycles. The maximum Gasteiger partial charge on any atom is 0.232 e. The number of amides is 1. The monoisotopic (exact) mass is 244 g/mol. The molecule has 0 aromatic rings. The third-order valence-electron chi connectivity index (χ3n) is 2.52. The first-order valence-electron chi connectivity index (χ1n) is 5.89. The molecule has 0 heterocycles. The first kappa shape index (κ1) is 15.4. The fourth-order valence-corrected chi connectivity index (χ4v) is 2.12. The van der Waals surface area contributed by atoms with Gasteiger partial charge in [-0.3, -0.25) is 4.79 Å². The van der Waals surface area contributed by atoms with Crippen molar-refractivity contribution >= 4 is 23.1 Å². The Hall–Kier alpha value is -0.640. The Bertz CT molecular complexity index is 251. The minimum atomic E-state index is -0.325. The highest BCUT2D eigenvalue weighted by molar-refractivity contribution is 7.80. The van der Waals surface area contributed by atoms with Crippen LogP contribution >= 0.6 is 12.2 Å². The molecule has 0 aliphatic heterocycles. The summed E-state index contributed by atoms with van der Waals surface area (Å²) in [5, 5.41) is 0. The zero-order chi connectivity index (χ0) is 12.9. The predicted octanol–water partition coefficient (Wildman–Crippen LogP) is 2.05. The fraction of sp³-hybridized carbons (Fsp3) is 0.833. The predicted molar refractivity (Wildman–Crippen MR) is 72.2 cm³/mol. The summed E-state index contributed by atoms with van der Waals surface area (Å²) in [6.45, 7) is 11.6. The lowest BCUT2D eigenvalue weighted by Crippen LogP contribution is -2.44. The van der Waals surface area contributed by atoms with Crippen LogP contribution in [0.1, 0.15) is 34.6 Å². The lowest BCUT2D eigenvalue weighted by molar-refractivity contribution is -0.134. The summed E-state index contributed by atoms with van der Waals surface area (Å²) < 4.78 is 0. The minimum Gasteiger partial charge on any atom is -0.393 e. The van der Waals surface area contributed by atoms with Gasteiger partial charge in [0.05, 0.1) is 10.9 Å². The lowest BCUT2D eigenvalue weighted by atomic mass is 9.94. The highest BCUT2D eigenvalue weighted by atomic mass is 32.1. The van der Waals surface area contributed by atoms with Crippen LogP contribution in [0, 0.1) is 17.8 Å². The standard InChI is InChI=1S/C12H24N2OS/c1-6-14(7-8(2)3)12(15)10(9(4)5)11(13)16/h8-10H,6-7H2,1-5H3,(H2,13,16). The molecule has 0 aromatic heterocycles. The second-order valence-electron chi connectivity index (χ2n) is 4.89. The summed E-state index contributed by atoms with van der Waals surface area (Å²) in [7, 11) is 0. The molecule has 1 atom stereocenters. The van der Waals surface area contributed by atoms with Gasteiger partial charge in [-0.15, -0.1) is 0 Å². The molecule has 1 unspecified atom stereocenters. The zero-order valence-electron chi connectivity index (χ0n) is 11.0. The number of carbonyl (C=O) groups excluding carboxylic acids is 1. The van der Waals surface area contributed by atoms with Crippen molar-refractivity contribution in [3.8, 4) is 0 Å². The molecule has 16 heavy (non-hydrogen) atoms. The number of thiocarbonyl (C=S) groups is 1. The minimum absolute atomic E-state index is 0.0682. The molecular formula is C12H24N2OS. The molecule has 0 saturated carbocycles. The van der Waals surface area contributed by atoms with Gasteiger partial charge in [0, 0.05) is 13.1 Å². The van der Waals surface area contributed by atoms with Crippen LogP contribution < -0.4 is 5.73 Å². The van der Waals surface area contributed by atoms with Crippen molar-refractivity contribution in [3.63, 3.8) is 0 Å². The van der Waals surface area contributed by atoms with Gasteiger partial charge in [-0.25, -0.2) is 0 Å². The molecule has 0 aromatic carbocycles. The van der Waals surface area contributed by atoms with Crippen LogP contribution in [-0.4, -0.2) is 28.9 Å². The van der Waals surface area contributed by atoms with Crippen LogP contribution in [0.5, 0.6) is 0 Å². The Kier molecular flexibility index (Phi) is 6.56. The van der Waals surface area contributed by atoms with E-state index in [9.17, 15) is 4.79 Å². The quantitative estimate of drug-likeness (QED) is 0.727. The number of hydrogen-bond donors (Lipinski definition) is 1. The highest BCUT2D eigenvalue weighted by Crippen LogP contribution is 2.15. The van der Waals surface area contributed by atoms with Crippen LogP contribution in [0.4, 0.5) is 0 Å². The second-order valence-corrected chi connectivity index (χ2v) is 5.37. The van der Waals surface area contributed by atoms with Crippen molar-refractivity contribution in [1.29, 1.82) is 0 Å². The summed E-state index contributed by atoms with van der Waals surface area (Å²) in [6.07, 6.45) is 0. The van der Waals surface area contributed by atoms with E-state index < -0.39 is 0 Å². The zero-order valence-corrected chi connectivity index (χ0v) is 11.8. The summed E-state index contributed by atoms with van der Waals surface area (Å²) in [4.78, 5) is 14.4. The number of rotatable bonds is 6. The van der Waals surface area contributed by atoms with Crippen LogP contribution in [0.25, 0.3) is 0 Å². The van der Waals surface area contributed by atoms with Crippen LogP contribution in [0.15, 0.2) is 0 Å². The van der Waals surface area contributed by atoms with Crippen LogP contribution in [0.3, 0.4) is 0 Å². The molecule has 0 fully saturated rings. The van der Waals surface area contributed by atoms with E-state index in [-0.39, 0.29) is 17.7 Å². The van der Waals surface area contributed by atoms with Crippen molar-refractivity contribution in [2.24, 2.45) is 23.5 Å². The number of nitrogens with zero attached hydrogens (tertiary/aromatic N) is 1. The summed E-state index contributed by atoms with van der Waals surface area (Å²) in [5.74, 6) is 0.363. The van der Waals surface area contributed by atoms with Crippen LogP contribution in [0.2, 0.25) is 0 Å². The van der Waals surface area contributed by atoms with Gasteiger partial charge in [-0.2, -0.15) is 0 Å². The van der Waals surface area contributed by atoms with Gasteiger partial charge in [-0.1, -0.05) is 39.9 Å². The third kappa shape index (κ3) is 4.47. The second kappa shape index (κ2) is 6.84. The third-order valence-corrected chi connectivity index (χ3v) is 2.77. The molecule has 1 amide bonds. The summed E-state index contributed by atoms with van der Waals surface area (Å²) in [6, 6.07) is 0. The molecule has 2 N–H and O–H groups in total. The molecule has 94 valence electrons. The van der Waals surface area contributed by atoms with Gasteiger partial charge in [0.2, 0.25) is 5.91 Å². The molecule has 0 rings (SSSR count). The topological polar surface area (TPSA) is 46.3 Å². The van der Waals surface area contributed by atoms with Gasteiger partial charge in [-0.05, 0) is 18.8 Å². The van der Waals surface area contributed by atoms with Crippen molar-refractivity contribution in [2.75, 3.05) is 13.1 Å². The Morgan fingerprint density at radius 2 is 1.81 bits per heavy atom. The van der Waals surface area contributed by atoms with Gasteiger partial charge in [0.25, 0.3) is 0 Å². The van der Waals surface area contributed by atoms with Crippen molar-refractivity contribution in [2.45, 2.75) is 34.6 Å². The number of hydrogen-bond acceptors (Lipinski definition) is 2. The van der Waals surface area contributed by atoms with Crippen molar-refractivity contribution in [1.82, 2.24) is 4.90 Å². The lowest BCUT2D eigenvalue weighted by Gasteiger charge is -2.29. The van der Waals surface area contributed by atoms with E-state index in [2.05, 4.69) is 13.8 Å². The van der Waals surface area contributed by atoms with Gasteiger partial charge in [0.15, 0.2) is 0 Å². The van der Waals surface area contributed by atoms with Crippen LogP contribution in [-0.2, 0) is 4.79 Å². The first-order chi connectivity index (χ1) is 7.31. The molecule has 4 heteroatoms. The molecule has 0 aliphatic rings. The van der Waals surface area contributed by atoms with E-state index in [1.54, 1.807) is 0 Å². The Labute approximate surface area is 104 Å². The Balaban J connectivity index is 4.75. The smallest absolute Gasteiger partial charge is 0.232 e. The van der Waals surface area contributed by atoms with E-state index in [0.29, 0.717) is 17.5 Å². The number of carbonyl (C=O) groups is 1. The fourth-order valence-electron chi connectivity index (χ4n) is 1.75. The largest absolute Gasteiger partial charge is 0.393 e. The Morgan fingerprint density at radius 1 is 1.31 bits per heavy atom. The summed E-state index contributed by atoms with van der Waals surface area (Å²) in [5.41, 5.74) is 5.65. The van der Waals surface area contributed by atoms with E-state index in [1.165, 1.54) is 0 Å². The van der Waals surface area contributed by atoms with Gasteiger partial charge in [0.1, 0.15) is 0 Å². The molecule has 0 radical (unpaired) electrons. The molecule has 0 spiro atoms. The maximum absolute atomic E-state index is 12.3. The van der Waals surface area contributed by atoms with Crippen molar-refractivity contribution < 1.29 is 4.79 Å². The Morgan fingerprint density at radius 3 is 2.06 bits per heavy atom. The normalized spacial score (nSPS) is 12.9. The number of nitrogens with two attached hydrogens (primary N) is 1. The van der Waals surface area contributed by atoms with E-state index >= 15 is 0 Å². The van der Waals surface area contributed by atoms with E-state index in [4.69, 9.17) is 18.0 Å². The molecule has 3 nitrogen and oxygen atoms in total. The van der Waals surface area contributed by atoms with E-state index in [1.807, 2.05) is 25.7 Å². The molecule has 0 saturated heterocycles. The van der Waals surface area contributed by atoms with Gasteiger partial charge < -0.3 is 10.6 Å². The molecule has 0 bridgehead atoms. The van der Waals surface area contributed by atoms with Crippen molar-refractivity contribution in [3.05, 3.63) is 0 Å². The SMILES string of the molecule is CCN(CC(C)C)C(=O)C(C(N)=S)C(C)C. The van der Waals surface area contributed by atoms with Gasteiger partial charge >= 0.3 is 0 Å². The first-order valence-corrected chi connectivity index (χ1v) is 6.30. The average Bonchev–Trinajstić information content (AvgIpc) is 2.12. The average molecular weight is 244 g/mol. The maximum atomic E-state index is 12.3.